The molecule has 1 aromatic heterocycles. The van der Waals surface area contributed by atoms with E-state index in [0.29, 0.717) is 24.3 Å². The Bertz CT molecular complexity index is 467. The molecule has 2 aliphatic rings. The Morgan fingerprint density at radius 2 is 2.00 bits per heavy atom. The van der Waals surface area contributed by atoms with Crippen LogP contribution in [-0.4, -0.2) is 23.6 Å². The van der Waals surface area contributed by atoms with E-state index < -0.39 is 0 Å². The summed E-state index contributed by atoms with van der Waals surface area (Å²) in [7, 11) is 1.70. The average Bonchev–Trinajstić information content (AvgIpc) is 3.14. The molecule has 0 aromatic carbocycles. The van der Waals surface area contributed by atoms with E-state index in [1.807, 2.05) is 0 Å². The van der Waals surface area contributed by atoms with Gasteiger partial charge in [-0.15, -0.1) is 0 Å². The van der Waals surface area contributed by atoms with Crippen LogP contribution in [0.4, 0.5) is 0 Å². The predicted molar refractivity (Wildman–Crippen MR) is 74.4 cm³/mol. The zero-order chi connectivity index (χ0) is 13.4. The van der Waals surface area contributed by atoms with Crippen LogP contribution >= 0.6 is 0 Å². The summed E-state index contributed by atoms with van der Waals surface area (Å²) in [5, 5.41) is 0. The number of aryl methyl sites for hydroxylation is 1. The van der Waals surface area contributed by atoms with E-state index in [-0.39, 0.29) is 0 Å². The molecule has 0 spiro atoms. The first kappa shape index (κ1) is 12.9. The van der Waals surface area contributed by atoms with E-state index in [2.05, 4.69) is 11.9 Å². The lowest BCUT2D eigenvalue weighted by Gasteiger charge is -2.26. The first-order valence-electron chi connectivity index (χ1n) is 7.37. The molecule has 0 saturated heterocycles. The van der Waals surface area contributed by atoms with Crippen LogP contribution in [0.2, 0.25) is 0 Å². The minimum Gasteiger partial charge on any atom is -0.481 e. The molecule has 1 unspecified atom stereocenters. The standard InChI is InChI=1S/C15H23N3O/c1-9-13(12(8-16)10-6-7-10)15(19-2)18-14(17-9)11-4-3-5-11/h10-12H,3-8,16H2,1-2H3. The van der Waals surface area contributed by atoms with Crippen molar-refractivity contribution in [3.05, 3.63) is 17.1 Å². The Labute approximate surface area is 114 Å². The van der Waals surface area contributed by atoms with Gasteiger partial charge in [0.15, 0.2) is 0 Å². The van der Waals surface area contributed by atoms with Crippen molar-refractivity contribution in [3.8, 4) is 5.88 Å². The zero-order valence-electron chi connectivity index (χ0n) is 11.9. The lowest BCUT2D eigenvalue weighted by atomic mass is 9.84. The quantitative estimate of drug-likeness (QED) is 0.884. The maximum Gasteiger partial charge on any atom is 0.220 e. The number of ether oxygens (including phenoxy) is 1. The smallest absolute Gasteiger partial charge is 0.220 e. The van der Waals surface area contributed by atoms with Gasteiger partial charge >= 0.3 is 0 Å². The number of methoxy groups -OCH3 is 1. The van der Waals surface area contributed by atoms with E-state index in [4.69, 9.17) is 15.5 Å². The number of aromatic nitrogens is 2. The van der Waals surface area contributed by atoms with Crippen molar-refractivity contribution in [2.45, 2.75) is 50.9 Å². The van der Waals surface area contributed by atoms with Gasteiger partial charge in [-0.25, -0.2) is 4.98 Å². The Hall–Kier alpha value is -1.16. The zero-order valence-corrected chi connectivity index (χ0v) is 11.9. The van der Waals surface area contributed by atoms with Gasteiger partial charge in [-0.2, -0.15) is 4.98 Å². The Morgan fingerprint density at radius 1 is 1.26 bits per heavy atom. The van der Waals surface area contributed by atoms with E-state index in [9.17, 15) is 0 Å². The largest absolute Gasteiger partial charge is 0.481 e. The monoisotopic (exact) mass is 261 g/mol. The maximum absolute atomic E-state index is 5.96. The van der Waals surface area contributed by atoms with Gasteiger partial charge in [0.1, 0.15) is 5.82 Å². The molecule has 2 fully saturated rings. The second-order valence-electron chi connectivity index (χ2n) is 5.90. The fourth-order valence-electron chi connectivity index (χ4n) is 3.05. The van der Waals surface area contributed by atoms with Gasteiger partial charge in [-0.1, -0.05) is 6.42 Å². The van der Waals surface area contributed by atoms with Crippen molar-refractivity contribution in [1.29, 1.82) is 0 Å². The summed E-state index contributed by atoms with van der Waals surface area (Å²) in [5.74, 6) is 3.34. The molecule has 1 aromatic rings. The van der Waals surface area contributed by atoms with Gasteiger partial charge < -0.3 is 10.5 Å². The molecule has 19 heavy (non-hydrogen) atoms. The van der Waals surface area contributed by atoms with E-state index in [1.54, 1.807) is 7.11 Å². The molecule has 0 radical (unpaired) electrons. The molecule has 0 bridgehead atoms. The van der Waals surface area contributed by atoms with Crippen LogP contribution in [0.1, 0.15) is 61.0 Å². The fourth-order valence-corrected chi connectivity index (χ4v) is 3.05. The summed E-state index contributed by atoms with van der Waals surface area (Å²) in [5.41, 5.74) is 8.18. The number of hydrogen-bond acceptors (Lipinski definition) is 4. The van der Waals surface area contributed by atoms with Crippen LogP contribution in [-0.2, 0) is 0 Å². The van der Waals surface area contributed by atoms with Gasteiger partial charge in [0.25, 0.3) is 0 Å². The second kappa shape index (κ2) is 5.08. The van der Waals surface area contributed by atoms with Crippen molar-refractivity contribution in [3.63, 3.8) is 0 Å². The van der Waals surface area contributed by atoms with Gasteiger partial charge in [0.05, 0.1) is 7.11 Å². The summed E-state index contributed by atoms with van der Waals surface area (Å²) in [6.07, 6.45) is 6.27. The normalized spacial score (nSPS) is 21.0. The van der Waals surface area contributed by atoms with Gasteiger partial charge in [-0.05, 0) is 45.1 Å². The van der Waals surface area contributed by atoms with Crippen LogP contribution in [0.15, 0.2) is 0 Å². The summed E-state index contributed by atoms with van der Waals surface area (Å²) < 4.78 is 5.54. The maximum atomic E-state index is 5.96. The SMILES string of the molecule is COc1nc(C2CCC2)nc(C)c1C(CN)C1CC1. The van der Waals surface area contributed by atoms with Crippen LogP contribution in [0.3, 0.4) is 0 Å². The third-order valence-electron chi connectivity index (χ3n) is 4.60. The summed E-state index contributed by atoms with van der Waals surface area (Å²) >= 11 is 0. The van der Waals surface area contributed by atoms with Crippen LogP contribution in [0, 0.1) is 12.8 Å². The van der Waals surface area contributed by atoms with E-state index in [0.717, 1.165) is 23.0 Å². The molecule has 104 valence electrons. The molecule has 0 amide bonds. The predicted octanol–water partition coefficient (Wildman–Crippen LogP) is 2.51. The van der Waals surface area contributed by atoms with Crippen molar-refractivity contribution < 1.29 is 4.74 Å². The third kappa shape index (κ3) is 2.34. The van der Waals surface area contributed by atoms with E-state index >= 15 is 0 Å². The lowest BCUT2D eigenvalue weighted by molar-refractivity contribution is 0.361. The molecule has 2 aliphatic carbocycles. The number of hydrogen-bond donors (Lipinski definition) is 1. The molecular weight excluding hydrogens is 238 g/mol. The number of rotatable bonds is 5. The Kier molecular flexibility index (Phi) is 3.44. The van der Waals surface area contributed by atoms with Gasteiger partial charge in [-0.3, -0.25) is 0 Å². The Balaban J connectivity index is 1.97. The summed E-state index contributed by atoms with van der Waals surface area (Å²) in [6.45, 7) is 2.74. The molecule has 1 heterocycles. The number of nitrogens with two attached hydrogens (primary N) is 1. The fraction of sp³-hybridized carbons (Fsp3) is 0.733. The topological polar surface area (TPSA) is 61.0 Å². The average molecular weight is 261 g/mol. The highest BCUT2D eigenvalue weighted by Crippen LogP contribution is 2.45. The number of nitrogens with zero attached hydrogens (tertiary/aromatic N) is 2. The van der Waals surface area contributed by atoms with Crippen LogP contribution < -0.4 is 10.5 Å². The molecule has 4 nitrogen and oxygen atoms in total. The minimum absolute atomic E-state index is 0.366. The molecule has 3 rings (SSSR count). The van der Waals surface area contributed by atoms with Crippen LogP contribution in [0.5, 0.6) is 5.88 Å². The van der Waals surface area contributed by atoms with Gasteiger partial charge in [0, 0.05) is 23.1 Å². The lowest BCUT2D eigenvalue weighted by Crippen LogP contribution is -2.20. The summed E-state index contributed by atoms with van der Waals surface area (Å²) in [6, 6.07) is 0. The van der Waals surface area contributed by atoms with Crippen molar-refractivity contribution >= 4 is 0 Å². The summed E-state index contributed by atoms with van der Waals surface area (Å²) in [4.78, 5) is 9.40. The Morgan fingerprint density at radius 3 is 2.47 bits per heavy atom. The molecule has 4 heteroatoms. The molecule has 2 saturated carbocycles. The molecule has 0 aliphatic heterocycles. The first-order valence-corrected chi connectivity index (χ1v) is 7.37. The van der Waals surface area contributed by atoms with Crippen LogP contribution in [0.25, 0.3) is 0 Å². The molecule has 2 N–H and O–H groups in total. The van der Waals surface area contributed by atoms with Crippen molar-refractivity contribution in [2.24, 2.45) is 11.7 Å². The highest BCUT2D eigenvalue weighted by atomic mass is 16.5. The highest BCUT2D eigenvalue weighted by Gasteiger charge is 2.35. The van der Waals surface area contributed by atoms with Gasteiger partial charge in [0.2, 0.25) is 5.88 Å². The second-order valence-corrected chi connectivity index (χ2v) is 5.90. The van der Waals surface area contributed by atoms with Crippen molar-refractivity contribution in [1.82, 2.24) is 9.97 Å². The highest BCUT2D eigenvalue weighted by molar-refractivity contribution is 5.36. The molecule has 1 atom stereocenters. The minimum atomic E-state index is 0.366. The third-order valence-corrected chi connectivity index (χ3v) is 4.60. The van der Waals surface area contributed by atoms with E-state index in [1.165, 1.54) is 32.1 Å². The first-order chi connectivity index (χ1) is 9.24. The van der Waals surface area contributed by atoms with Crippen molar-refractivity contribution in [2.75, 3.05) is 13.7 Å². The molecular formula is C15H23N3O.